The van der Waals surface area contributed by atoms with Crippen molar-refractivity contribution in [1.29, 1.82) is 0 Å². The molecule has 0 saturated heterocycles. The van der Waals surface area contributed by atoms with E-state index in [9.17, 15) is 0 Å². The number of hydrogen-bond donors (Lipinski definition) is 1. The number of methoxy groups -OCH3 is 2. The molecule has 0 saturated carbocycles. The maximum Gasteiger partial charge on any atom is 0.182 e. The van der Waals surface area contributed by atoms with Crippen LogP contribution in [0.25, 0.3) is 11.4 Å². The lowest BCUT2D eigenvalue weighted by atomic mass is 10.1. The van der Waals surface area contributed by atoms with Crippen LogP contribution in [0.2, 0.25) is 0 Å². The van der Waals surface area contributed by atoms with Crippen LogP contribution in [0.1, 0.15) is 12.8 Å². The van der Waals surface area contributed by atoms with Gasteiger partial charge in [0.15, 0.2) is 5.82 Å². The van der Waals surface area contributed by atoms with Gasteiger partial charge in [0, 0.05) is 37.6 Å². The van der Waals surface area contributed by atoms with Crippen molar-refractivity contribution in [2.45, 2.75) is 19.4 Å². The van der Waals surface area contributed by atoms with Crippen LogP contribution in [0.15, 0.2) is 18.2 Å². The van der Waals surface area contributed by atoms with Crippen molar-refractivity contribution >= 4 is 5.69 Å². The molecule has 1 heterocycles. The van der Waals surface area contributed by atoms with Gasteiger partial charge in [-0.2, -0.15) is 0 Å². The highest BCUT2D eigenvalue weighted by molar-refractivity contribution is 5.64. The molecule has 7 nitrogen and oxygen atoms in total. The van der Waals surface area contributed by atoms with Gasteiger partial charge in [0.05, 0.1) is 7.11 Å². The molecular weight excluding hydrogens is 258 g/mol. The van der Waals surface area contributed by atoms with Crippen LogP contribution in [-0.2, 0) is 11.3 Å². The van der Waals surface area contributed by atoms with E-state index >= 15 is 0 Å². The van der Waals surface area contributed by atoms with E-state index in [4.69, 9.17) is 15.2 Å². The third kappa shape index (κ3) is 3.45. The number of nitrogens with zero attached hydrogens (tertiary/aromatic N) is 4. The number of tetrazole rings is 1. The molecule has 20 heavy (non-hydrogen) atoms. The zero-order chi connectivity index (χ0) is 14.4. The highest BCUT2D eigenvalue weighted by atomic mass is 16.5. The van der Waals surface area contributed by atoms with Crippen LogP contribution in [0.5, 0.6) is 5.75 Å². The average molecular weight is 277 g/mol. The molecular formula is C13H19N5O2. The highest BCUT2D eigenvalue weighted by Crippen LogP contribution is 2.25. The molecule has 0 bridgehead atoms. The molecule has 0 fully saturated rings. The van der Waals surface area contributed by atoms with Gasteiger partial charge in [-0.15, -0.1) is 5.10 Å². The fourth-order valence-electron chi connectivity index (χ4n) is 1.94. The van der Waals surface area contributed by atoms with E-state index in [1.165, 1.54) is 0 Å². The summed E-state index contributed by atoms with van der Waals surface area (Å²) >= 11 is 0. The first-order valence-corrected chi connectivity index (χ1v) is 6.44. The number of benzene rings is 1. The van der Waals surface area contributed by atoms with E-state index in [0.717, 1.165) is 31.6 Å². The first-order chi connectivity index (χ1) is 9.74. The van der Waals surface area contributed by atoms with Crippen molar-refractivity contribution in [2.75, 3.05) is 26.6 Å². The maximum absolute atomic E-state index is 5.86. The summed E-state index contributed by atoms with van der Waals surface area (Å²) in [5.41, 5.74) is 7.32. The van der Waals surface area contributed by atoms with Crippen LogP contribution in [0, 0.1) is 0 Å². The first-order valence-electron chi connectivity index (χ1n) is 6.44. The van der Waals surface area contributed by atoms with E-state index in [2.05, 4.69) is 15.5 Å². The zero-order valence-electron chi connectivity index (χ0n) is 11.7. The Hall–Kier alpha value is -2.15. The topological polar surface area (TPSA) is 88.1 Å². The number of hydrogen-bond acceptors (Lipinski definition) is 6. The van der Waals surface area contributed by atoms with E-state index < -0.39 is 0 Å². The van der Waals surface area contributed by atoms with Crippen molar-refractivity contribution in [3.63, 3.8) is 0 Å². The normalized spacial score (nSPS) is 10.7. The van der Waals surface area contributed by atoms with Crippen molar-refractivity contribution < 1.29 is 9.47 Å². The molecule has 0 aliphatic carbocycles. The van der Waals surface area contributed by atoms with E-state index in [1.807, 2.05) is 12.1 Å². The summed E-state index contributed by atoms with van der Waals surface area (Å²) < 4.78 is 12.0. The Balaban J connectivity index is 2.16. The molecule has 0 atom stereocenters. The molecule has 1 aromatic carbocycles. The number of unbranched alkanes of at least 4 members (excludes halogenated alkanes) is 1. The molecule has 0 aliphatic rings. The number of nitrogens with two attached hydrogens (primary N) is 1. The molecule has 7 heteroatoms. The molecule has 0 amide bonds. The van der Waals surface area contributed by atoms with Crippen LogP contribution < -0.4 is 10.5 Å². The number of rotatable bonds is 7. The number of ether oxygens (including phenoxy) is 2. The number of aryl methyl sites for hydroxylation is 1. The Labute approximate surface area is 117 Å². The van der Waals surface area contributed by atoms with Gasteiger partial charge in [-0.25, -0.2) is 4.68 Å². The van der Waals surface area contributed by atoms with Crippen molar-refractivity contribution in [2.24, 2.45) is 0 Å². The minimum absolute atomic E-state index is 0.619. The van der Waals surface area contributed by atoms with Gasteiger partial charge in [0.1, 0.15) is 5.75 Å². The Morgan fingerprint density at radius 3 is 2.80 bits per heavy atom. The standard InChI is InChI=1S/C13H19N5O2/c1-19-6-4-3-5-18-13(15-16-17-18)10-7-11(14)9-12(8-10)20-2/h7-9H,3-6,14H2,1-2H3. The van der Waals surface area contributed by atoms with Crippen LogP contribution in [-0.4, -0.2) is 41.0 Å². The summed E-state index contributed by atoms with van der Waals surface area (Å²) in [4.78, 5) is 0. The minimum Gasteiger partial charge on any atom is -0.497 e. The van der Waals surface area contributed by atoms with Gasteiger partial charge in [0.25, 0.3) is 0 Å². The van der Waals surface area contributed by atoms with Gasteiger partial charge >= 0.3 is 0 Å². The maximum atomic E-state index is 5.86. The molecule has 0 unspecified atom stereocenters. The minimum atomic E-state index is 0.619. The SMILES string of the molecule is COCCCCn1nnnc1-c1cc(N)cc(OC)c1. The lowest BCUT2D eigenvalue weighted by molar-refractivity contribution is 0.191. The van der Waals surface area contributed by atoms with Gasteiger partial charge in [0.2, 0.25) is 0 Å². The molecule has 2 aromatic rings. The van der Waals surface area contributed by atoms with E-state index in [-0.39, 0.29) is 0 Å². The van der Waals surface area contributed by atoms with E-state index in [0.29, 0.717) is 17.3 Å². The van der Waals surface area contributed by atoms with Crippen LogP contribution in [0.3, 0.4) is 0 Å². The van der Waals surface area contributed by atoms with Crippen LogP contribution >= 0.6 is 0 Å². The summed E-state index contributed by atoms with van der Waals surface area (Å²) in [5, 5.41) is 11.8. The fraction of sp³-hybridized carbons (Fsp3) is 0.462. The number of aromatic nitrogens is 4. The lowest BCUT2D eigenvalue weighted by Gasteiger charge is -2.07. The average Bonchev–Trinajstić information content (AvgIpc) is 2.91. The molecule has 2 rings (SSSR count). The second-order valence-corrected chi connectivity index (χ2v) is 4.42. The molecule has 0 spiro atoms. The molecule has 2 N–H and O–H groups in total. The highest BCUT2D eigenvalue weighted by Gasteiger charge is 2.10. The van der Waals surface area contributed by atoms with Gasteiger partial charge in [-0.05, 0) is 35.4 Å². The van der Waals surface area contributed by atoms with Crippen molar-refractivity contribution in [3.05, 3.63) is 18.2 Å². The predicted octanol–water partition coefficient (Wildman–Crippen LogP) is 1.36. The Morgan fingerprint density at radius 2 is 2.05 bits per heavy atom. The Bertz CT molecular complexity index is 555. The summed E-state index contributed by atoms with van der Waals surface area (Å²) in [6.07, 6.45) is 1.92. The van der Waals surface area contributed by atoms with E-state index in [1.54, 1.807) is 25.0 Å². The molecule has 0 aliphatic heterocycles. The summed E-state index contributed by atoms with van der Waals surface area (Å²) in [7, 11) is 3.30. The summed E-state index contributed by atoms with van der Waals surface area (Å²) in [6, 6.07) is 5.46. The number of nitrogen functional groups attached to an aromatic ring is 1. The Kier molecular flexibility index (Phi) is 4.89. The summed E-state index contributed by atoms with van der Waals surface area (Å²) in [5.74, 6) is 1.38. The predicted molar refractivity (Wildman–Crippen MR) is 75.3 cm³/mol. The number of anilines is 1. The third-order valence-electron chi connectivity index (χ3n) is 2.92. The van der Waals surface area contributed by atoms with Gasteiger partial charge in [-0.1, -0.05) is 0 Å². The largest absolute Gasteiger partial charge is 0.497 e. The van der Waals surface area contributed by atoms with Crippen molar-refractivity contribution in [1.82, 2.24) is 20.2 Å². The zero-order valence-corrected chi connectivity index (χ0v) is 11.7. The Morgan fingerprint density at radius 1 is 1.20 bits per heavy atom. The van der Waals surface area contributed by atoms with Gasteiger partial charge < -0.3 is 15.2 Å². The molecule has 108 valence electrons. The molecule has 1 aromatic heterocycles. The second kappa shape index (κ2) is 6.85. The summed E-state index contributed by atoms with van der Waals surface area (Å²) in [6.45, 7) is 1.48. The first kappa shape index (κ1) is 14.3. The third-order valence-corrected chi connectivity index (χ3v) is 2.92. The second-order valence-electron chi connectivity index (χ2n) is 4.42. The lowest BCUT2D eigenvalue weighted by Crippen LogP contribution is -2.04. The van der Waals surface area contributed by atoms with Crippen molar-refractivity contribution in [3.8, 4) is 17.1 Å². The van der Waals surface area contributed by atoms with Crippen LogP contribution in [0.4, 0.5) is 5.69 Å². The fourth-order valence-corrected chi connectivity index (χ4v) is 1.94. The quantitative estimate of drug-likeness (QED) is 0.607. The monoisotopic (exact) mass is 277 g/mol. The smallest absolute Gasteiger partial charge is 0.182 e. The molecule has 0 radical (unpaired) electrons. The van der Waals surface area contributed by atoms with Gasteiger partial charge in [-0.3, -0.25) is 0 Å².